The standard InChI is InChI=1S/C21H25N5O5/c22-18-13(5-4-12-8-14-10-23-11-25-19(14)24-9-12)2-1-3-15(18)20(29)26-16(21(30)31)6-7-17(27)28/h1-3,8-10,14,16,19,25H,4-7,11,22H2,(H,26,29)(H,27,28)(H,30,31)/t14?,16-,19?/m0/s1. The molecule has 2 unspecified atom stereocenters. The minimum Gasteiger partial charge on any atom is -0.481 e. The van der Waals surface area contributed by atoms with Crippen LogP contribution < -0.4 is 16.4 Å². The molecule has 0 radical (unpaired) electrons. The maximum atomic E-state index is 12.6. The molecule has 2 heterocycles. The SMILES string of the molecule is Nc1c(CCC2=CC3C=NCNC3N=C2)cccc1C(=O)N[C@@H](CCC(=O)O)C(=O)O. The lowest BCUT2D eigenvalue weighted by molar-refractivity contribution is -0.140. The van der Waals surface area contributed by atoms with E-state index in [0.29, 0.717) is 19.5 Å². The zero-order valence-electron chi connectivity index (χ0n) is 16.8. The van der Waals surface area contributed by atoms with Crippen molar-refractivity contribution in [2.75, 3.05) is 12.4 Å². The summed E-state index contributed by atoms with van der Waals surface area (Å²) in [5.41, 5.74) is 8.43. The van der Waals surface area contributed by atoms with Crippen molar-refractivity contribution in [3.63, 3.8) is 0 Å². The quantitative estimate of drug-likeness (QED) is 0.364. The number of carboxylic acids is 2. The predicted molar refractivity (Wildman–Crippen MR) is 115 cm³/mol. The first kappa shape index (κ1) is 22.2. The summed E-state index contributed by atoms with van der Waals surface area (Å²) in [7, 11) is 0. The Balaban J connectivity index is 1.66. The third kappa shape index (κ3) is 5.76. The molecule has 1 aromatic rings. The number of aliphatic imine (C=N–C) groups is 2. The summed E-state index contributed by atoms with van der Waals surface area (Å²) in [6.07, 6.45) is 6.51. The van der Waals surface area contributed by atoms with Crippen LogP contribution in [-0.4, -0.2) is 59.4 Å². The highest BCUT2D eigenvalue weighted by Gasteiger charge is 2.24. The van der Waals surface area contributed by atoms with Crippen LogP contribution in [0.15, 0.2) is 39.8 Å². The third-order valence-corrected chi connectivity index (χ3v) is 5.22. The number of nitrogens with one attached hydrogen (secondary N) is 2. The number of rotatable bonds is 9. The minimum atomic E-state index is -1.31. The Morgan fingerprint density at radius 3 is 2.81 bits per heavy atom. The third-order valence-electron chi connectivity index (χ3n) is 5.22. The predicted octanol–water partition coefficient (Wildman–Crippen LogP) is 0.834. The number of allylic oxidation sites excluding steroid dienone is 1. The molecule has 2 aliphatic rings. The van der Waals surface area contributed by atoms with Crippen LogP contribution in [-0.2, 0) is 16.0 Å². The summed E-state index contributed by atoms with van der Waals surface area (Å²) >= 11 is 0. The van der Waals surface area contributed by atoms with Gasteiger partial charge in [0.15, 0.2) is 0 Å². The molecule has 10 heteroatoms. The average molecular weight is 427 g/mol. The van der Waals surface area contributed by atoms with Crippen LogP contribution in [0, 0.1) is 5.92 Å². The molecule has 0 aromatic heterocycles. The fraction of sp³-hybridized carbons (Fsp3) is 0.381. The van der Waals surface area contributed by atoms with Crippen LogP contribution in [0.2, 0.25) is 0 Å². The van der Waals surface area contributed by atoms with Crippen LogP contribution in [0.4, 0.5) is 5.69 Å². The number of dihydropyridines is 1. The number of nitrogen functional groups attached to an aromatic ring is 1. The molecule has 164 valence electrons. The van der Waals surface area contributed by atoms with Gasteiger partial charge in [-0.2, -0.15) is 0 Å². The summed E-state index contributed by atoms with van der Waals surface area (Å²) < 4.78 is 0. The molecule has 0 fully saturated rings. The van der Waals surface area contributed by atoms with E-state index in [0.717, 1.165) is 11.1 Å². The number of nitrogens with two attached hydrogens (primary N) is 1. The normalized spacial score (nSPS) is 20.5. The molecular weight excluding hydrogens is 402 g/mol. The van der Waals surface area contributed by atoms with Crippen LogP contribution >= 0.6 is 0 Å². The number of hydrogen-bond donors (Lipinski definition) is 5. The zero-order valence-corrected chi connectivity index (χ0v) is 16.8. The second-order valence-corrected chi connectivity index (χ2v) is 7.41. The minimum absolute atomic E-state index is 0.0154. The van der Waals surface area contributed by atoms with Crippen molar-refractivity contribution in [2.45, 2.75) is 37.9 Å². The number of carbonyl (C=O) groups excluding carboxylic acids is 1. The van der Waals surface area contributed by atoms with Gasteiger partial charge in [0.05, 0.1) is 12.2 Å². The zero-order chi connectivity index (χ0) is 22.4. The number of fused-ring (bicyclic) bond motifs is 1. The number of carbonyl (C=O) groups is 3. The summed E-state index contributed by atoms with van der Waals surface area (Å²) in [6, 6.07) is 3.71. The highest BCUT2D eigenvalue weighted by atomic mass is 16.4. The Morgan fingerprint density at radius 1 is 1.26 bits per heavy atom. The molecule has 31 heavy (non-hydrogen) atoms. The number of anilines is 1. The van der Waals surface area contributed by atoms with Crippen LogP contribution in [0.5, 0.6) is 0 Å². The molecule has 1 amide bonds. The van der Waals surface area contributed by atoms with Crippen molar-refractivity contribution in [3.8, 4) is 0 Å². The van der Waals surface area contributed by atoms with Crippen molar-refractivity contribution < 1.29 is 24.6 Å². The van der Waals surface area contributed by atoms with Gasteiger partial charge in [-0.1, -0.05) is 18.2 Å². The number of carboxylic acid groups (broad SMARTS) is 2. The van der Waals surface area contributed by atoms with Gasteiger partial charge in [-0.3, -0.25) is 24.9 Å². The Morgan fingerprint density at radius 2 is 2.06 bits per heavy atom. The first-order chi connectivity index (χ1) is 14.8. The number of nitrogens with zero attached hydrogens (tertiary/aromatic N) is 2. The van der Waals surface area contributed by atoms with Crippen LogP contribution in [0.1, 0.15) is 35.2 Å². The lowest BCUT2D eigenvalue weighted by Crippen LogP contribution is -2.41. The van der Waals surface area contributed by atoms with Crippen molar-refractivity contribution >= 4 is 36.0 Å². The first-order valence-corrected chi connectivity index (χ1v) is 9.95. The molecule has 0 bridgehead atoms. The molecule has 0 spiro atoms. The summed E-state index contributed by atoms with van der Waals surface area (Å²) in [5, 5.41) is 23.6. The van der Waals surface area contributed by atoms with E-state index < -0.39 is 23.9 Å². The molecule has 1 aromatic carbocycles. The van der Waals surface area contributed by atoms with Crippen molar-refractivity contribution in [1.29, 1.82) is 0 Å². The van der Waals surface area contributed by atoms with Crippen molar-refractivity contribution in [1.82, 2.24) is 10.6 Å². The van der Waals surface area contributed by atoms with Gasteiger partial charge < -0.3 is 21.3 Å². The van der Waals surface area contributed by atoms with E-state index in [2.05, 4.69) is 26.7 Å². The molecule has 3 atom stereocenters. The van der Waals surface area contributed by atoms with E-state index in [1.807, 2.05) is 18.5 Å². The number of aliphatic carboxylic acids is 2. The summed E-state index contributed by atoms with van der Waals surface area (Å²) in [5.74, 6) is -2.97. The highest BCUT2D eigenvalue weighted by molar-refractivity contribution is 6.01. The summed E-state index contributed by atoms with van der Waals surface area (Å²) in [4.78, 5) is 43.4. The molecule has 2 aliphatic heterocycles. The number of amides is 1. The second-order valence-electron chi connectivity index (χ2n) is 7.41. The second kappa shape index (κ2) is 9.98. The monoisotopic (exact) mass is 427 g/mol. The van der Waals surface area contributed by atoms with Gasteiger partial charge >= 0.3 is 11.9 Å². The fourth-order valence-corrected chi connectivity index (χ4v) is 3.51. The van der Waals surface area contributed by atoms with E-state index in [9.17, 15) is 19.5 Å². The Labute approximate surface area is 179 Å². The molecule has 6 N–H and O–H groups in total. The number of aryl methyl sites for hydroxylation is 1. The molecule has 0 saturated heterocycles. The van der Waals surface area contributed by atoms with Crippen LogP contribution in [0.3, 0.4) is 0 Å². The Hall–Kier alpha value is -3.53. The number of para-hydroxylation sites is 1. The first-order valence-electron chi connectivity index (χ1n) is 9.95. The fourth-order valence-electron chi connectivity index (χ4n) is 3.51. The van der Waals surface area contributed by atoms with Crippen molar-refractivity contribution in [2.24, 2.45) is 15.9 Å². The van der Waals surface area contributed by atoms with Gasteiger partial charge in [0.2, 0.25) is 0 Å². The smallest absolute Gasteiger partial charge is 0.326 e. The lowest BCUT2D eigenvalue weighted by atomic mass is 9.95. The molecular formula is C21H25N5O5. The van der Waals surface area contributed by atoms with Gasteiger partial charge in [-0.25, -0.2) is 4.79 Å². The largest absolute Gasteiger partial charge is 0.481 e. The summed E-state index contributed by atoms with van der Waals surface area (Å²) in [6.45, 7) is 0.562. The van der Waals surface area contributed by atoms with E-state index >= 15 is 0 Å². The topological polar surface area (TPSA) is 166 Å². The van der Waals surface area contributed by atoms with E-state index in [1.165, 1.54) is 6.07 Å². The van der Waals surface area contributed by atoms with Crippen molar-refractivity contribution in [3.05, 3.63) is 41.0 Å². The number of hydrogen-bond acceptors (Lipinski definition) is 7. The van der Waals surface area contributed by atoms with E-state index in [1.54, 1.807) is 6.07 Å². The van der Waals surface area contributed by atoms with Gasteiger partial charge in [-0.05, 0) is 36.5 Å². The van der Waals surface area contributed by atoms with E-state index in [4.69, 9.17) is 10.8 Å². The molecule has 10 nitrogen and oxygen atoms in total. The van der Waals surface area contributed by atoms with Gasteiger partial charge in [-0.15, -0.1) is 0 Å². The van der Waals surface area contributed by atoms with Crippen LogP contribution in [0.25, 0.3) is 0 Å². The molecule has 0 aliphatic carbocycles. The maximum absolute atomic E-state index is 12.6. The van der Waals surface area contributed by atoms with E-state index in [-0.39, 0.29) is 36.2 Å². The van der Waals surface area contributed by atoms with Gasteiger partial charge in [0, 0.05) is 30.5 Å². The Bertz CT molecular complexity index is 955. The molecule has 3 rings (SSSR count). The highest BCUT2D eigenvalue weighted by Crippen LogP contribution is 2.23. The van der Waals surface area contributed by atoms with Gasteiger partial charge in [0.1, 0.15) is 12.2 Å². The Kier molecular flexibility index (Phi) is 7.14. The lowest BCUT2D eigenvalue weighted by Gasteiger charge is -2.26. The average Bonchev–Trinajstić information content (AvgIpc) is 2.75. The maximum Gasteiger partial charge on any atom is 0.326 e. The van der Waals surface area contributed by atoms with Gasteiger partial charge in [0.25, 0.3) is 5.91 Å². The molecule has 0 saturated carbocycles. The number of benzene rings is 1.